The van der Waals surface area contributed by atoms with Gasteiger partial charge in [-0.25, -0.2) is 4.98 Å². The van der Waals surface area contributed by atoms with E-state index in [-0.39, 0.29) is 17.6 Å². The predicted octanol–water partition coefficient (Wildman–Crippen LogP) is 3.20. The number of benzene rings is 1. The largest absolute Gasteiger partial charge is 0.345 e. The molecule has 1 aromatic carbocycles. The van der Waals surface area contributed by atoms with E-state index in [1.165, 1.54) is 0 Å². The zero-order chi connectivity index (χ0) is 19.5. The van der Waals surface area contributed by atoms with Gasteiger partial charge in [-0.3, -0.25) is 14.0 Å². The van der Waals surface area contributed by atoms with E-state index in [0.717, 1.165) is 43.5 Å². The highest BCUT2D eigenvalue weighted by Crippen LogP contribution is 2.18. The van der Waals surface area contributed by atoms with Crippen molar-refractivity contribution in [3.8, 4) is 0 Å². The fraction of sp³-hybridized carbons (Fsp3) is 0.318. The molecule has 0 aliphatic carbocycles. The van der Waals surface area contributed by atoms with Gasteiger partial charge in [-0.05, 0) is 49.4 Å². The Labute approximate surface area is 164 Å². The van der Waals surface area contributed by atoms with Crippen LogP contribution in [0, 0.1) is 6.92 Å². The maximum absolute atomic E-state index is 13.0. The van der Waals surface area contributed by atoms with Crippen molar-refractivity contribution in [2.75, 3.05) is 13.1 Å². The van der Waals surface area contributed by atoms with Crippen LogP contribution in [-0.2, 0) is 6.54 Å². The Morgan fingerprint density at radius 2 is 1.79 bits per heavy atom. The number of aromatic nitrogens is 2. The predicted molar refractivity (Wildman–Crippen MR) is 107 cm³/mol. The van der Waals surface area contributed by atoms with Crippen LogP contribution in [-0.4, -0.2) is 39.2 Å². The van der Waals surface area contributed by atoms with Gasteiger partial charge >= 0.3 is 0 Å². The van der Waals surface area contributed by atoms with E-state index in [1.807, 2.05) is 54.3 Å². The molecule has 0 radical (unpaired) electrons. The Hall–Kier alpha value is -3.15. The molecule has 6 heteroatoms. The number of carbonyl (C=O) groups excluding carboxylic acids is 2. The summed E-state index contributed by atoms with van der Waals surface area (Å²) in [7, 11) is 0. The molecule has 1 aliphatic heterocycles. The first-order chi connectivity index (χ1) is 13.6. The van der Waals surface area contributed by atoms with Gasteiger partial charge in [-0.1, -0.05) is 30.3 Å². The molecule has 1 fully saturated rings. The smallest absolute Gasteiger partial charge is 0.287 e. The Morgan fingerprint density at radius 3 is 2.57 bits per heavy atom. The van der Waals surface area contributed by atoms with Crippen LogP contribution in [0.25, 0.3) is 5.52 Å². The van der Waals surface area contributed by atoms with Gasteiger partial charge < -0.3 is 10.2 Å². The monoisotopic (exact) mass is 376 g/mol. The molecule has 1 N–H and O–H groups in total. The Kier molecular flexibility index (Phi) is 5.10. The number of nitrogens with zero attached hydrogens (tertiary/aromatic N) is 3. The molecule has 0 spiro atoms. The summed E-state index contributed by atoms with van der Waals surface area (Å²) in [5.74, 6) is -0.145. The lowest BCUT2D eigenvalue weighted by Gasteiger charge is -2.25. The number of amides is 2. The number of piperidine rings is 1. The van der Waals surface area contributed by atoms with E-state index in [0.29, 0.717) is 17.8 Å². The standard InChI is InChI=1S/C22H24N4O2/c1-16-9-3-4-10-17(16)15-23-21(27)20-24-19(18-11-5-8-14-26(18)20)22(28)25-12-6-2-7-13-25/h3-5,8-11,14H,2,6-7,12-13,15H2,1H3,(H,23,27). The van der Waals surface area contributed by atoms with Crippen molar-refractivity contribution in [2.24, 2.45) is 0 Å². The summed E-state index contributed by atoms with van der Waals surface area (Å²) in [5, 5.41) is 2.93. The maximum Gasteiger partial charge on any atom is 0.287 e. The first-order valence-corrected chi connectivity index (χ1v) is 9.74. The van der Waals surface area contributed by atoms with E-state index in [4.69, 9.17) is 0 Å². The quantitative estimate of drug-likeness (QED) is 0.760. The second-order valence-electron chi connectivity index (χ2n) is 7.20. The van der Waals surface area contributed by atoms with Crippen LogP contribution in [0.4, 0.5) is 0 Å². The number of imidazole rings is 1. The van der Waals surface area contributed by atoms with Gasteiger partial charge in [0.1, 0.15) is 0 Å². The molecule has 3 heterocycles. The van der Waals surface area contributed by atoms with Gasteiger partial charge in [-0.2, -0.15) is 0 Å². The lowest BCUT2D eigenvalue weighted by Crippen LogP contribution is -2.36. The fourth-order valence-electron chi connectivity index (χ4n) is 3.67. The zero-order valence-corrected chi connectivity index (χ0v) is 16.0. The Morgan fingerprint density at radius 1 is 1.04 bits per heavy atom. The van der Waals surface area contributed by atoms with E-state index < -0.39 is 0 Å². The summed E-state index contributed by atoms with van der Waals surface area (Å²) in [6, 6.07) is 13.5. The maximum atomic E-state index is 13.0. The fourth-order valence-corrected chi connectivity index (χ4v) is 3.67. The van der Waals surface area contributed by atoms with E-state index >= 15 is 0 Å². The van der Waals surface area contributed by atoms with Gasteiger partial charge in [0.25, 0.3) is 11.8 Å². The average Bonchev–Trinajstić information content (AvgIpc) is 3.13. The molecule has 1 aliphatic rings. The SMILES string of the molecule is Cc1ccccc1CNC(=O)c1nc(C(=O)N2CCCCC2)c2ccccn12. The van der Waals surface area contributed by atoms with Gasteiger partial charge in [0.05, 0.1) is 5.52 Å². The van der Waals surface area contributed by atoms with Gasteiger partial charge in [0.2, 0.25) is 5.82 Å². The molecule has 0 atom stereocenters. The molecule has 4 rings (SSSR count). The summed E-state index contributed by atoms with van der Waals surface area (Å²) in [4.78, 5) is 32.1. The van der Waals surface area contributed by atoms with Gasteiger partial charge in [0.15, 0.2) is 5.69 Å². The summed E-state index contributed by atoms with van der Waals surface area (Å²) < 4.78 is 1.70. The van der Waals surface area contributed by atoms with Crippen LogP contribution in [0.3, 0.4) is 0 Å². The first-order valence-electron chi connectivity index (χ1n) is 9.74. The number of fused-ring (bicyclic) bond motifs is 1. The third kappa shape index (κ3) is 3.50. The minimum absolute atomic E-state index is 0.0960. The third-order valence-electron chi connectivity index (χ3n) is 5.30. The summed E-state index contributed by atoms with van der Waals surface area (Å²) in [6.07, 6.45) is 4.96. The van der Waals surface area contributed by atoms with E-state index in [9.17, 15) is 9.59 Å². The number of likely N-dealkylation sites (tertiary alicyclic amines) is 1. The van der Waals surface area contributed by atoms with Crippen molar-refractivity contribution >= 4 is 17.3 Å². The molecule has 6 nitrogen and oxygen atoms in total. The topological polar surface area (TPSA) is 66.7 Å². The number of pyridine rings is 1. The van der Waals surface area contributed by atoms with Crippen LogP contribution in [0.5, 0.6) is 0 Å². The number of carbonyl (C=O) groups is 2. The lowest BCUT2D eigenvalue weighted by atomic mass is 10.1. The minimum atomic E-state index is -0.290. The third-order valence-corrected chi connectivity index (χ3v) is 5.30. The van der Waals surface area contributed by atoms with Crippen molar-refractivity contribution in [1.82, 2.24) is 19.6 Å². The number of aryl methyl sites for hydroxylation is 1. The van der Waals surface area contributed by atoms with Crippen molar-refractivity contribution in [3.63, 3.8) is 0 Å². The molecular formula is C22H24N4O2. The molecule has 0 saturated carbocycles. The number of hydrogen-bond donors (Lipinski definition) is 1. The summed E-state index contributed by atoms with van der Waals surface area (Å²) in [6.45, 7) is 3.93. The second kappa shape index (κ2) is 7.84. The molecule has 3 aromatic rings. The summed E-state index contributed by atoms with van der Waals surface area (Å²) >= 11 is 0. The van der Waals surface area contributed by atoms with Crippen molar-refractivity contribution < 1.29 is 9.59 Å². The summed E-state index contributed by atoms with van der Waals surface area (Å²) in [5.41, 5.74) is 3.20. The average molecular weight is 376 g/mol. The molecule has 1 saturated heterocycles. The van der Waals surface area contributed by atoms with E-state index in [2.05, 4.69) is 10.3 Å². The first kappa shape index (κ1) is 18.2. The normalized spacial score (nSPS) is 14.2. The Balaban J connectivity index is 1.61. The van der Waals surface area contributed by atoms with Crippen LogP contribution in [0.2, 0.25) is 0 Å². The molecule has 0 bridgehead atoms. The molecule has 28 heavy (non-hydrogen) atoms. The second-order valence-corrected chi connectivity index (χ2v) is 7.20. The molecule has 144 valence electrons. The highest BCUT2D eigenvalue weighted by Gasteiger charge is 2.26. The molecular weight excluding hydrogens is 352 g/mol. The minimum Gasteiger partial charge on any atom is -0.345 e. The van der Waals surface area contributed by atoms with Crippen molar-refractivity contribution in [3.05, 3.63) is 71.3 Å². The molecule has 2 amide bonds. The van der Waals surface area contributed by atoms with E-state index in [1.54, 1.807) is 10.6 Å². The Bertz CT molecular complexity index is 1020. The molecule has 2 aromatic heterocycles. The highest BCUT2D eigenvalue weighted by atomic mass is 16.2. The van der Waals surface area contributed by atoms with Crippen LogP contribution in [0.15, 0.2) is 48.7 Å². The van der Waals surface area contributed by atoms with Crippen molar-refractivity contribution in [2.45, 2.75) is 32.7 Å². The number of rotatable bonds is 4. The molecule has 0 unspecified atom stereocenters. The number of nitrogens with one attached hydrogen (secondary N) is 1. The lowest BCUT2D eigenvalue weighted by molar-refractivity contribution is 0.0721. The van der Waals surface area contributed by atoms with Crippen LogP contribution < -0.4 is 5.32 Å². The highest BCUT2D eigenvalue weighted by molar-refractivity contribution is 6.02. The van der Waals surface area contributed by atoms with Crippen molar-refractivity contribution in [1.29, 1.82) is 0 Å². The zero-order valence-electron chi connectivity index (χ0n) is 16.0. The number of hydrogen-bond acceptors (Lipinski definition) is 3. The van der Waals surface area contributed by atoms with Gasteiger partial charge in [-0.15, -0.1) is 0 Å². The van der Waals surface area contributed by atoms with Gasteiger partial charge in [0, 0.05) is 25.8 Å². The van der Waals surface area contributed by atoms with Crippen LogP contribution in [0.1, 0.15) is 51.5 Å². The van der Waals surface area contributed by atoms with Crippen LogP contribution >= 0.6 is 0 Å².